The SMILES string of the molecule is CC[NH+]1CCc2cc(OC)c(OC)cc2[C@H]1CNC(=O)c1ccccc1Cl. The highest BCUT2D eigenvalue weighted by Crippen LogP contribution is 2.34. The molecule has 144 valence electrons. The molecule has 0 radical (unpaired) electrons. The van der Waals surface area contributed by atoms with Crippen molar-refractivity contribution in [3.63, 3.8) is 0 Å². The summed E-state index contributed by atoms with van der Waals surface area (Å²) in [7, 11) is 3.30. The Labute approximate surface area is 165 Å². The van der Waals surface area contributed by atoms with Crippen LogP contribution in [0.1, 0.15) is 34.5 Å². The van der Waals surface area contributed by atoms with E-state index < -0.39 is 0 Å². The summed E-state index contributed by atoms with van der Waals surface area (Å²) >= 11 is 6.15. The van der Waals surface area contributed by atoms with E-state index in [-0.39, 0.29) is 11.9 Å². The molecule has 5 nitrogen and oxygen atoms in total. The van der Waals surface area contributed by atoms with Gasteiger partial charge in [0.05, 0.1) is 44.4 Å². The number of rotatable bonds is 6. The summed E-state index contributed by atoms with van der Waals surface area (Å²) in [5.74, 6) is 1.31. The molecule has 0 spiro atoms. The van der Waals surface area contributed by atoms with Crippen LogP contribution >= 0.6 is 11.6 Å². The van der Waals surface area contributed by atoms with Crippen LogP contribution < -0.4 is 19.7 Å². The number of carbonyl (C=O) groups is 1. The summed E-state index contributed by atoms with van der Waals surface area (Å²) < 4.78 is 10.9. The molecule has 0 aromatic heterocycles. The van der Waals surface area contributed by atoms with Gasteiger partial charge in [-0.3, -0.25) is 4.79 Å². The molecule has 1 aliphatic heterocycles. The first-order valence-corrected chi connectivity index (χ1v) is 9.58. The molecule has 0 saturated heterocycles. The van der Waals surface area contributed by atoms with E-state index in [4.69, 9.17) is 21.1 Å². The van der Waals surface area contributed by atoms with Gasteiger partial charge >= 0.3 is 0 Å². The van der Waals surface area contributed by atoms with Crippen molar-refractivity contribution < 1.29 is 19.2 Å². The van der Waals surface area contributed by atoms with E-state index in [0.29, 0.717) is 17.1 Å². The van der Waals surface area contributed by atoms with E-state index in [0.717, 1.165) is 31.0 Å². The number of ether oxygens (including phenoxy) is 2. The number of halogens is 1. The van der Waals surface area contributed by atoms with Crippen LogP contribution in [0.5, 0.6) is 11.5 Å². The minimum absolute atomic E-state index is 0.149. The molecular formula is C21H26ClN2O3+. The van der Waals surface area contributed by atoms with Gasteiger partial charge in [0.25, 0.3) is 5.91 Å². The number of likely N-dealkylation sites (N-methyl/N-ethyl adjacent to an activating group) is 1. The van der Waals surface area contributed by atoms with E-state index in [1.54, 1.807) is 26.4 Å². The predicted molar refractivity (Wildman–Crippen MR) is 106 cm³/mol. The molecule has 2 N–H and O–H groups in total. The first kappa shape index (κ1) is 19.5. The zero-order valence-electron chi connectivity index (χ0n) is 16.0. The van der Waals surface area contributed by atoms with Gasteiger partial charge in [-0.25, -0.2) is 0 Å². The van der Waals surface area contributed by atoms with Crippen molar-refractivity contribution >= 4 is 17.5 Å². The third kappa shape index (κ3) is 4.04. The molecule has 2 atom stereocenters. The molecule has 6 heteroatoms. The molecule has 27 heavy (non-hydrogen) atoms. The smallest absolute Gasteiger partial charge is 0.253 e. The number of fused-ring (bicyclic) bond motifs is 1. The van der Waals surface area contributed by atoms with E-state index in [9.17, 15) is 4.79 Å². The Kier molecular flexibility index (Phi) is 6.24. The fourth-order valence-corrected chi connectivity index (χ4v) is 4.00. The number of amides is 1. The molecule has 2 aromatic rings. The Hall–Kier alpha value is -2.24. The van der Waals surface area contributed by atoms with Crippen molar-refractivity contribution in [2.45, 2.75) is 19.4 Å². The van der Waals surface area contributed by atoms with Gasteiger partial charge in [-0.15, -0.1) is 0 Å². The molecule has 0 aliphatic carbocycles. The molecule has 0 fully saturated rings. The molecule has 1 unspecified atom stereocenters. The maximum atomic E-state index is 12.6. The number of hydrogen-bond donors (Lipinski definition) is 2. The summed E-state index contributed by atoms with van der Waals surface area (Å²) in [6, 6.07) is 11.4. The molecule has 1 aliphatic rings. The van der Waals surface area contributed by atoms with Gasteiger partial charge in [-0.05, 0) is 36.8 Å². The zero-order valence-corrected chi connectivity index (χ0v) is 16.7. The average Bonchev–Trinajstić information content (AvgIpc) is 2.70. The van der Waals surface area contributed by atoms with Crippen molar-refractivity contribution in [1.29, 1.82) is 0 Å². The summed E-state index contributed by atoms with van der Waals surface area (Å²) in [6.07, 6.45) is 0.980. The highest BCUT2D eigenvalue weighted by atomic mass is 35.5. The maximum Gasteiger partial charge on any atom is 0.253 e. The van der Waals surface area contributed by atoms with Crippen LogP contribution in [0.3, 0.4) is 0 Å². The van der Waals surface area contributed by atoms with E-state index in [2.05, 4.69) is 24.4 Å². The largest absolute Gasteiger partial charge is 0.493 e. The van der Waals surface area contributed by atoms with Gasteiger partial charge in [0.2, 0.25) is 0 Å². The minimum Gasteiger partial charge on any atom is -0.493 e. The van der Waals surface area contributed by atoms with E-state index in [1.165, 1.54) is 16.0 Å². The number of carbonyl (C=O) groups excluding carboxylic acids is 1. The van der Waals surface area contributed by atoms with Crippen LogP contribution in [-0.4, -0.2) is 39.8 Å². The first-order valence-electron chi connectivity index (χ1n) is 9.21. The molecule has 0 saturated carbocycles. The van der Waals surface area contributed by atoms with Crippen LogP contribution in [0.15, 0.2) is 36.4 Å². The second-order valence-electron chi connectivity index (χ2n) is 6.66. The Bertz CT molecular complexity index is 825. The molecule has 3 rings (SSSR count). The van der Waals surface area contributed by atoms with Crippen LogP contribution in [0.2, 0.25) is 5.02 Å². The minimum atomic E-state index is -0.149. The fraction of sp³-hybridized carbons (Fsp3) is 0.381. The lowest BCUT2D eigenvalue weighted by Crippen LogP contribution is -3.13. The van der Waals surface area contributed by atoms with E-state index in [1.807, 2.05) is 12.1 Å². The molecule has 1 amide bonds. The third-order valence-corrected chi connectivity index (χ3v) is 5.60. The predicted octanol–water partition coefficient (Wildman–Crippen LogP) is 2.29. The Morgan fingerprint density at radius 1 is 1.22 bits per heavy atom. The third-order valence-electron chi connectivity index (χ3n) is 5.27. The van der Waals surface area contributed by atoms with Crippen molar-refractivity contribution in [2.75, 3.05) is 33.9 Å². The van der Waals surface area contributed by atoms with Crippen molar-refractivity contribution in [3.8, 4) is 11.5 Å². The molecular weight excluding hydrogens is 364 g/mol. The van der Waals surface area contributed by atoms with Crippen LogP contribution in [0, 0.1) is 0 Å². The molecule has 1 heterocycles. The number of hydrogen-bond acceptors (Lipinski definition) is 3. The summed E-state index contributed by atoms with van der Waals surface area (Å²) in [6.45, 7) is 4.71. The fourth-order valence-electron chi connectivity index (χ4n) is 3.78. The Morgan fingerprint density at radius 2 is 1.93 bits per heavy atom. The van der Waals surface area contributed by atoms with Gasteiger partial charge in [-0.2, -0.15) is 0 Å². The van der Waals surface area contributed by atoms with Gasteiger partial charge in [0, 0.05) is 12.0 Å². The second-order valence-corrected chi connectivity index (χ2v) is 7.07. The second kappa shape index (κ2) is 8.63. The summed E-state index contributed by atoms with van der Waals surface area (Å²) in [4.78, 5) is 14.0. The van der Waals surface area contributed by atoms with Gasteiger partial charge in [0.15, 0.2) is 11.5 Å². The Morgan fingerprint density at radius 3 is 2.59 bits per heavy atom. The molecule has 0 bridgehead atoms. The highest BCUT2D eigenvalue weighted by molar-refractivity contribution is 6.33. The van der Waals surface area contributed by atoms with Gasteiger partial charge in [-0.1, -0.05) is 23.7 Å². The standard InChI is InChI=1S/C21H25ClN2O3/c1-4-24-10-9-14-11-19(26-2)20(27-3)12-16(14)18(24)13-23-21(25)15-7-5-6-8-17(15)22/h5-8,11-12,18H,4,9-10,13H2,1-3H3,(H,23,25)/p+1/t18-/m1/s1. The van der Waals surface area contributed by atoms with Gasteiger partial charge < -0.3 is 19.7 Å². The number of benzene rings is 2. The van der Waals surface area contributed by atoms with E-state index >= 15 is 0 Å². The van der Waals surface area contributed by atoms with Crippen molar-refractivity contribution in [1.82, 2.24) is 5.32 Å². The maximum absolute atomic E-state index is 12.6. The van der Waals surface area contributed by atoms with Crippen LogP contribution in [0.25, 0.3) is 0 Å². The average molecular weight is 390 g/mol. The lowest BCUT2D eigenvalue weighted by molar-refractivity contribution is -0.930. The molecule has 2 aromatic carbocycles. The first-order chi connectivity index (χ1) is 13.1. The number of methoxy groups -OCH3 is 2. The zero-order chi connectivity index (χ0) is 19.4. The summed E-state index contributed by atoms with van der Waals surface area (Å²) in [5.41, 5.74) is 2.96. The Balaban J connectivity index is 1.85. The number of quaternary nitrogens is 1. The highest BCUT2D eigenvalue weighted by Gasteiger charge is 2.32. The lowest BCUT2D eigenvalue weighted by atomic mass is 9.91. The quantitative estimate of drug-likeness (QED) is 0.797. The summed E-state index contributed by atoms with van der Waals surface area (Å²) in [5, 5.41) is 3.53. The van der Waals surface area contributed by atoms with Crippen molar-refractivity contribution in [3.05, 3.63) is 58.1 Å². The monoisotopic (exact) mass is 389 g/mol. The van der Waals surface area contributed by atoms with Crippen molar-refractivity contribution in [2.24, 2.45) is 0 Å². The lowest BCUT2D eigenvalue weighted by Gasteiger charge is -2.34. The number of nitrogens with one attached hydrogen (secondary N) is 2. The van der Waals surface area contributed by atoms with Crippen LogP contribution in [0.4, 0.5) is 0 Å². The topological polar surface area (TPSA) is 52.0 Å². The van der Waals surface area contributed by atoms with Gasteiger partial charge in [0.1, 0.15) is 6.04 Å². The normalized spacial score (nSPS) is 18.5. The van der Waals surface area contributed by atoms with Crippen LogP contribution in [-0.2, 0) is 6.42 Å².